The normalized spacial score (nSPS) is 10.3. The van der Waals surface area contributed by atoms with Crippen LogP contribution >= 0.6 is 11.6 Å². The molecule has 0 amide bonds. The van der Waals surface area contributed by atoms with Gasteiger partial charge < -0.3 is 10.2 Å². The molecule has 0 aliphatic carbocycles. The Bertz CT molecular complexity index is 545. The van der Waals surface area contributed by atoms with Crippen molar-refractivity contribution < 1.29 is 4.74 Å². The molecule has 1 aromatic heterocycles. The molecule has 6 heteroatoms. The average Bonchev–Trinajstić information content (AvgIpc) is 2.46. The molecule has 0 radical (unpaired) electrons. The lowest BCUT2D eigenvalue weighted by atomic mass is 10.2. The van der Waals surface area contributed by atoms with Gasteiger partial charge in [0, 0.05) is 5.02 Å². The van der Waals surface area contributed by atoms with E-state index < -0.39 is 0 Å². The predicted octanol–water partition coefficient (Wildman–Crippen LogP) is 2.56. The SMILES string of the molecule is CCc1c(NN)ncnc1OCc1ccc(Cl)cc1. The monoisotopic (exact) mass is 278 g/mol. The van der Waals surface area contributed by atoms with Gasteiger partial charge in [-0.25, -0.2) is 15.8 Å². The highest BCUT2D eigenvalue weighted by atomic mass is 35.5. The van der Waals surface area contributed by atoms with E-state index in [1.807, 2.05) is 31.2 Å². The molecular formula is C13H15ClN4O. The second-order valence-corrected chi connectivity index (χ2v) is 4.36. The van der Waals surface area contributed by atoms with E-state index in [1.54, 1.807) is 0 Å². The number of halogens is 1. The van der Waals surface area contributed by atoms with Crippen LogP contribution in [0.4, 0.5) is 5.82 Å². The van der Waals surface area contributed by atoms with Crippen LogP contribution in [0.2, 0.25) is 5.02 Å². The minimum absolute atomic E-state index is 0.422. The third kappa shape index (κ3) is 3.33. The van der Waals surface area contributed by atoms with Crippen LogP contribution in [0.3, 0.4) is 0 Å². The molecule has 0 saturated heterocycles. The maximum absolute atomic E-state index is 5.83. The van der Waals surface area contributed by atoms with Gasteiger partial charge in [-0.05, 0) is 24.1 Å². The Labute approximate surface area is 116 Å². The number of ether oxygens (including phenoxy) is 1. The smallest absolute Gasteiger partial charge is 0.222 e. The highest BCUT2D eigenvalue weighted by Crippen LogP contribution is 2.22. The van der Waals surface area contributed by atoms with E-state index in [1.165, 1.54) is 6.33 Å². The van der Waals surface area contributed by atoms with Crippen molar-refractivity contribution in [1.82, 2.24) is 9.97 Å². The Morgan fingerprint density at radius 3 is 2.63 bits per heavy atom. The molecule has 0 aliphatic rings. The molecule has 0 aliphatic heterocycles. The number of aromatic nitrogens is 2. The third-order valence-corrected chi connectivity index (χ3v) is 2.94. The van der Waals surface area contributed by atoms with E-state index in [2.05, 4.69) is 15.4 Å². The summed E-state index contributed by atoms with van der Waals surface area (Å²) in [7, 11) is 0. The summed E-state index contributed by atoms with van der Waals surface area (Å²) >= 11 is 5.83. The van der Waals surface area contributed by atoms with E-state index in [0.717, 1.165) is 17.5 Å². The first-order valence-electron chi connectivity index (χ1n) is 5.92. The van der Waals surface area contributed by atoms with Crippen LogP contribution in [0.15, 0.2) is 30.6 Å². The highest BCUT2D eigenvalue weighted by Gasteiger charge is 2.10. The Kier molecular flexibility index (Phi) is 4.54. The molecule has 1 aromatic carbocycles. The number of nitrogens with zero attached hydrogens (tertiary/aromatic N) is 2. The zero-order valence-corrected chi connectivity index (χ0v) is 11.3. The topological polar surface area (TPSA) is 73.1 Å². The van der Waals surface area contributed by atoms with Crippen molar-refractivity contribution in [3.05, 3.63) is 46.7 Å². The fourth-order valence-electron chi connectivity index (χ4n) is 1.70. The molecule has 2 rings (SSSR count). The zero-order chi connectivity index (χ0) is 13.7. The van der Waals surface area contributed by atoms with Gasteiger partial charge in [0.1, 0.15) is 18.8 Å². The summed E-state index contributed by atoms with van der Waals surface area (Å²) in [5.74, 6) is 6.54. The molecule has 0 saturated carbocycles. The van der Waals surface area contributed by atoms with Crippen LogP contribution in [0.5, 0.6) is 5.88 Å². The highest BCUT2D eigenvalue weighted by molar-refractivity contribution is 6.30. The van der Waals surface area contributed by atoms with Gasteiger partial charge in [0.15, 0.2) is 0 Å². The lowest BCUT2D eigenvalue weighted by molar-refractivity contribution is 0.290. The van der Waals surface area contributed by atoms with Gasteiger partial charge >= 0.3 is 0 Å². The summed E-state index contributed by atoms with van der Waals surface area (Å²) in [6.45, 7) is 2.42. The quantitative estimate of drug-likeness (QED) is 0.649. The molecular weight excluding hydrogens is 264 g/mol. The number of nitrogens with two attached hydrogens (primary N) is 1. The van der Waals surface area contributed by atoms with Crippen molar-refractivity contribution in [3.8, 4) is 5.88 Å². The first-order chi connectivity index (χ1) is 9.24. The molecule has 0 spiro atoms. The Hall–Kier alpha value is -1.85. The Morgan fingerprint density at radius 2 is 2.00 bits per heavy atom. The third-order valence-electron chi connectivity index (χ3n) is 2.68. The van der Waals surface area contributed by atoms with Gasteiger partial charge in [0.25, 0.3) is 0 Å². The standard InChI is InChI=1S/C13H15ClN4O/c1-2-11-12(18-15)16-8-17-13(11)19-7-9-3-5-10(14)6-4-9/h3-6,8H,2,7,15H2,1H3,(H,16,17,18). The number of hydrogen-bond acceptors (Lipinski definition) is 5. The second kappa shape index (κ2) is 6.36. The lowest BCUT2D eigenvalue weighted by Gasteiger charge is -2.11. The van der Waals surface area contributed by atoms with Crippen LogP contribution in [-0.2, 0) is 13.0 Å². The minimum atomic E-state index is 0.422. The van der Waals surface area contributed by atoms with Gasteiger partial charge in [-0.1, -0.05) is 30.7 Å². The summed E-state index contributed by atoms with van der Waals surface area (Å²) < 4.78 is 5.71. The largest absolute Gasteiger partial charge is 0.472 e. The van der Waals surface area contributed by atoms with Crippen LogP contribution in [0, 0.1) is 0 Å². The van der Waals surface area contributed by atoms with Gasteiger partial charge in [0.2, 0.25) is 5.88 Å². The van der Waals surface area contributed by atoms with E-state index in [4.69, 9.17) is 22.2 Å². The first-order valence-corrected chi connectivity index (χ1v) is 6.30. The number of hydrazine groups is 1. The molecule has 2 aromatic rings. The van der Waals surface area contributed by atoms with Crippen molar-refractivity contribution >= 4 is 17.4 Å². The average molecular weight is 279 g/mol. The lowest BCUT2D eigenvalue weighted by Crippen LogP contribution is -2.12. The molecule has 0 unspecified atom stereocenters. The summed E-state index contributed by atoms with van der Waals surface area (Å²) in [5, 5.41) is 0.703. The van der Waals surface area contributed by atoms with Crippen molar-refractivity contribution in [1.29, 1.82) is 0 Å². The fourth-order valence-corrected chi connectivity index (χ4v) is 1.82. The van der Waals surface area contributed by atoms with Crippen molar-refractivity contribution in [2.24, 2.45) is 5.84 Å². The molecule has 3 N–H and O–H groups in total. The molecule has 0 atom stereocenters. The molecule has 0 fully saturated rings. The van der Waals surface area contributed by atoms with Crippen LogP contribution < -0.4 is 16.0 Å². The first kappa shape index (κ1) is 13.6. The Balaban J connectivity index is 2.13. The number of hydrogen-bond donors (Lipinski definition) is 2. The van der Waals surface area contributed by atoms with Crippen molar-refractivity contribution in [2.45, 2.75) is 20.0 Å². The minimum Gasteiger partial charge on any atom is -0.472 e. The van der Waals surface area contributed by atoms with Crippen molar-refractivity contribution in [2.75, 3.05) is 5.43 Å². The maximum Gasteiger partial charge on any atom is 0.222 e. The summed E-state index contributed by atoms with van der Waals surface area (Å²) in [4.78, 5) is 8.19. The van der Waals surface area contributed by atoms with Crippen LogP contribution in [-0.4, -0.2) is 9.97 Å². The Morgan fingerprint density at radius 1 is 1.26 bits per heavy atom. The van der Waals surface area contributed by atoms with E-state index in [0.29, 0.717) is 23.3 Å². The van der Waals surface area contributed by atoms with Gasteiger partial charge in [-0.15, -0.1) is 0 Å². The summed E-state index contributed by atoms with van der Waals surface area (Å²) in [5.41, 5.74) is 4.42. The molecule has 1 heterocycles. The van der Waals surface area contributed by atoms with E-state index >= 15 is 0 Å². The number of nitrogens with one attached hydrogen (secondary N) is 1. The second-order valence-electron chi connectivity index (χ2n) is 3.92. The summed E-state index contributed by atoms with van der Waals surface area (Å²) in [6, 6.07) is 7.48. The molecule has 19 heavy (non-hydrogen) atoms. The molecule has 100 valence electrons. The fraction of sp³-hybridized carbons (Fsp3) is 0.231. The van der Waals surface area contributed by atoms with Crippen molar-refractivity contribution in [3.63, 3.8) is 0 Å². The predicted molar refractivity (Wildman–Crippen MR) is 75.0 cm³/mol. The number of nitrogen functional groups attached to an aromatic ring is 1. The molecule has 5 nitrogen and oxygen atoms in total. The van der Waals surface area contributed by atoms with E-state index in [9.17, 15) is 0 Å². The van der Waals surface area contributed by atoms with Gasteiger partial charge in [0.05, 0.1) is 5.56 Å². The van der Waals surface area contributed by atoms with Gasteiger partial charge in [-0.3, -0.25) is 0 Å². The number of anilines is 1. The van der Waals surface area contributed by atoms with Gasteiger partial charge in [-0.2, -0.15) is 0 Å². The summed E-state index contributed by atoms with van der Waals surface area (Å²) in [6.07, 6.45) is 2.15. The number of benzene rings is 1. The van der Waals surface area contributed by atoms with Crippen LogP contribution in [0.1, 0.15) is 18.1 Å². The van der Waals surface area contributed by atoms with Crippen LogP contribution in [0.25, 0.3) is 0 Å². The maximum atomic E-state index is 5.83. The zero-order valence-electron chi connectivity index (χ0n) is 10.6. The number of rotatable bonds is 5. The molecule has 0 bridgehead atoms. The van der Waals surface area contributed by atoms with E-state index in [-0.39, 0.29) is 0 Å².